The van der Waals surface area contributed by atoms with Crippen LogP contribution in [0.15, 0.2) is 24.3 Å². The summed E-state index contributed by atoms with van der Waals surface area (Å²) in [6.07, 6.45) is 1.19. The first kappa shape index (κ1) is 11.5. The van der Waals surface area contributed by atoms with Crippen LogP contribution in [0.5, 0.6) is 0 Å². The number of ether oxygens (including phenoxy) is 1. The van der Waals surface area contributed by atoms with Crippen molar-refractivity contribution in [1.29, 1.82) is 0 Å². The van der Waals surface area contributed by atoms with E-state index < -0.39 is 0 Å². The molecule has 1 N–H and O–H groups in total. The zero-order valence-corrected chi connectivity index (χ0v) is 10.2. The molecule has 0 bridgehead atoms. The summed E-state index contributed by atoms with van der Waals surface area (Å²) >= 11 is 0. The van der Waals surface area contributed by atoms with Gasteiger partial charge in [0.15, 0.2) is 0 Å². The second kappa shape index (κ2) is 5.35. The lowest BCUT2D eigenvalue weighted by Gasteiger charge is -2.16. The molecule has 88 valence electrons. The van der Waals surface area contributed by atoms with Crippen molar-refractivity contribution in [2.45, 2.75) is 26.2 Å². The van der Waals surface area contributed by atoms with Crippen molar-refractivity contribution in [3.63, 3.8) is 0 Å². The van der Waals surface area contributed by atoms with Gasteiger partial charge < -0.3 is 10.1 Å². The van der Waals surface area contributed by atoms with Crippen molar-refractivity contribution in [2.75, 3.05) is 25.1 Å². The van der Waals surface area contributed by atoms with Gasteiger partial charge in [-0.25, -0.2) is 0 Å². The van der Waals surface area contributed by atoms with E-state index in [1.54, 1.807) is 0 Å². The Labute approximate surface area is 98.0 Å². The largest absolute Gasteiger partial charge is 0.384 e. The Bertz CT molecular complexity index is 329. The average Bonchev–Trinajstić information content (AvgIpc) is 2.79. The lowest BCUT2D eigenvalue weighted by atomic mass is 10.0. The second-order valence-electron chi connectivity index (χ2n) is 4.85. The molecule has 1 atom stereocenters. The van der Waals surface area contributed by atoms with Crippen molar-refractivity contribution >= 4 is 5.69 Å². The van der Waals surface area contributed by atoms with E-state index in [-0.39, 0.29) is 0 Å². The van der Waals surface area contributed by atoms with E-state index in [4.69, 9.17) is 4.74 Å². The number of hydrogen-bond acceptors (Lipinski definition) is 2. The average molecular weight is 219 g/mol. The van der Waals surface area contributed by atoms with Crippen LogP contribution in [0.4, 0.5) is 5.69 Å². The summed E-state index contributed by atoms with van der Waals surface area (Å²) in [7, 11) is 0. The molecular formula is C14H21NO. The fraction of sp³-hybridized carbons (Fsp3) is 0.571. The highest BCUT2D eigenvalue weighted by atomic mass is 16.5. The topological polar surface area (TPSA) is 21.3 Å². The van der Waals surface area contributed by atoms with E-state index in [0.29, 0.717) is 11.8 Å². The van der Waals surface area contributed by atoms with Crippen LogP contribution in [-0.4, -0.2) is 19.8 Å². The maximum atomic E-state index is 5.38. The van der Waals surface area contributed by atoms with Crippen LogP contribution in [0, 0.1) is 5.92 Å². The molecule has 0 aliphatic carbocycles. The summed E-state index contributed by atoms with van der Waals surface area (Å²) in [6, 6.07) is 8.59. The molecule has 1 heterocycles. The van der Waals surface area contributed by atoms with Gasteiger partial charge >= 0.3 is 0 Å². The highest BCUT2D eigenvalue weighted by molar-refractivity contribution is 5.52. The van der Waals surface area contributed by atoms with E-state index in [2.05, 4.69) is 43.4 Å². The molecule has 0 radical (unpaired) electrons. The van der Waals surface area contributed by atoms with Crippen LogP contribution in [0.3, 0.4) is 0 Å². The summed E-state index contributed by atoms with van der Waals surface area (Å²) in [6.45, 7) is 7.34. The highest BCUT2D eigenvalue weighted by Crippen LogP contribution is 2.24. The van der Waals surface area contributed by atoms with E-state index in [9.17, 15) is 0 Å². The van der Waals surface area contributed by atoms with E-state index in [1.807, 2.05) is 0 Å². The third-order valence-electron chi connectivity index (χ3n) is 3.19. The molecule has 1 aromatic carbocycles. The van der Waals surface area contributed by atoms with Crippen LogP contribution >= 0.6 is 0 Å². The quantitative estimate of drug-likeness (QED) is 0.839. The van der Waals surface area contributed by atoms with Gasteiger partial charge in [-0.15, -0.1) is 0 Å². The van der Waals surface area contributed by atoms with Gasteiger partial charge in [0.2, 0.25) is 0 Å². The number of rotatable bonds is 4. The Hall–Kier alpha value is -1.02. The normalized spacial score (nSPS) is 20.3. The molecule has 1 aromatic rings. The fourth-order valence-electron chi connectivity index (χ4n) is 2.16. The minimum absolute atomic E-state index is 0.573. The molecule has 2 heteroatoms. The van der Waals surface area contributed by atoms with Gasteiger partial charge in [-0.1, -0.05) is 32.0 Å². The molecule has 0 amide bonds. The number of hydrogen-bond donors (Lipinski definition) is 1. The number of benzene rings is 1. The molecule has 1 saturated heterocycles. The predicted octanol–water partition coefficient (Wildman–Crippen LogP) is 3.26. The van der Waals surface area contributed by atoms with Crippen LogP contribution in [0.25, 0.3) is 0 Å². The summed E-state index contributed by atoms with van der Waals surface area (Å²) in [4.78, 5) is 0. The Morgan fingerprint density at radius 2 is 2.19 bits per heavy atom. The maximum Gasteiger partial charge on any atom is 0.0511 e. The first-order valence-corrected chi connectivity index (χ1v) is 6.18. The van der Waals surface area contributed by atoms with E-state index in [1.165, 1.54) is 17.7 Å². The minimum atomic E-state index is 0.573. The van der Waals surface area contributed by atoms with Crippen molar-refractivity contribution in [1.82, 2.24) is 0 Å². The fourth-order valence-corrected chi connectivity index (χ4v) is 2.16. The Kier molecular flexibility index (Phi) is 3.83. The molecule has 1 unspecified atom stereocenters. The van der Waals surface area contributed by atoms with Crippen LogP contribution in [-0.2, 0) is 4.74 Å². The van der Waals surface area contributed by atoms with Gasteiger partial charge in [-0.3, -0.25) is 0 Å². The predicted molar refractivity (Wildman–Crippen MR) is 67.9 cm³/mol. The van der Waals surface area contributed by atoms with Gasteiger partial charge in [0.05, 0.1) is 6.61 Å². The molecule has 1 fully saturated rings. The molecule has 2 rings (SSSR count). The molecule has 2 nitrogen and oxygen atoms in total. The molecule has 0 aromatic heterocycles. The van der Waals surface area contributed by atoms with Crippen LogP contribution in [0.2, 0.25) is 0 Å². The van der Waals surface area contributed by atoms with Crippen molar-refractivity contribution in [2.24, 2.45) is 5.92 Å². The third kappa shape index (κ3) is 2.76. The number of nitrogens with one attached hydrogen (secondary N) is 1. The summed E-state index contributed by atoms with van der Waals surface area (Å²) in [5.74, 6) is 1.25. The molecule has 0 spiro atoms. The summed E-state index contributed by atoms with van der Waals surface area (Å²) in [5, 5.41) is 3.56. The van der Waals surface area contributed by atoms with Crippen LogP contribution in [0.1, 0.15) is 31.7 Å². The van der Waals surface area contributed by atoms with Gasteiger partial charge in [-0.05, 0) is 24.0 Å². The monoisotopic (exact) mass is 219 g/mol. The zero-order chi connectivity index (χ0) is 11.4. The van der Waals surface area contributed by atoms with Gasteiger partial charge in [0.25, 0.3) is 0 Å². The van der Waals surface area contributed by atoms with Crippen molar-refractivity contribution < 1.29 is 4.74 Å². The van der Waals surface area contributed by atoms with E-state index in [0.717, 1.165) is 19.8 Å². The smallest absolute Gasteiger partial charge is 0.0511 e. The molecule has 16 heavy (non-hydrogen) atoms. The second-order valence-corrected chi connectivity index (χ2v) is 4.85. The minimum Gasteiger partial charge on any atom is -0.384 e. The zero-order valence-electron chi connectivity index (χ0n) is 10.2. The highest BCUT2D eigenvalue weighted by Gasteiger charge is 2.15. The number of para-hydroxylation sites is 1. The standard InChI is InChI=1S/C14H21NO/c1-11(2)13-5-3-4-6-14(13)15-9-12-7-8-16-10-12/h3-6,11-12,15H,7-10H2,1-2H3. The first-order chi connectivity index (χ1) is 7.77. The summed E-state index contributed by atoms with van der Waals surface area (Å²) in [5.41, 5.74) is 2.69. The molecule has 1 aliphatic heterocycles. The number of anilines is 1. The first-order valence-electron chi connectivity index (χ1n) is 6.18. The lowest BCUT2D eigenvalue weighted by molar-refractivity contribution is 0.187. The van der Waals surface area contributed by atoms with Crippen LogP contribution < -0.4 is 5.32 Å². The molecule has 0 saturated carbocycles. The van der Waals surface area contributed by atoms with Gasteiger partial charge in [-0.2, -0.15) is 0 Å². The Morgan fingerprint density at radius 1 is 1.38 bits per heavy atom. The van der Waals surface area contributed by atoms with Gasteiger partial charge in [0, 0.05) is 24.8 Å². The SMILES string of the molecule is CC(C)c1ccccc1NCC1CCOC1. The van der Waals surface area contributed by atoms with E-state index >= 15 is 0 Å². The maximum absolute atomic E-state index is 5.38. The van der Waals surface area contributed by atoms with Gasteiger partial charge in [0.1, 0.15) is 0 Å². The third-order valence-corrected chi connectivity index (χ3v) is 3.19. The molecule has 1 aliphatic rings. The molecular weight excluding hydrogens is 198 g/mol. The van der Waals surface area contributed by atoms with Crippen molar-refractivity contribution in [3.8, 4) is 0 Å². The Balaban J connectivity index is 1.97. The van der Waals surface area contributed by atoms with Crippen molar-refractivity contribution in [3.05, 3.63) is 29.8 Å². The lowest BCUT2D eigenvalue weighted by Crippen LogP contribution is -2.15. The Morgan fingerprint density at radius 3 is 2.88 bits per heavy atom. The summed E-state index contributed by atoms with van der Waals surface area (Å²) < 4.78 is 5.38.